The number of methoxy groups -OCH3 is 1. The maximum atomic E-state index is 13.2. The second kappa shape index (κ2) is 5.32. The zero-order valence-electron chi connectivity index (χ0n) is 10.2. The maximum Gasteiger partial charge on any atom is 0.194 e. The van der Waals surface area contributed by atoms with Gasteiger partial charge in [-0.15, -0.1) is 0 Å². The third kappa shape index (κ3) is 2.71. The lowest BCUT2D eigenvalue weighted by Gasteiger charge is -2.14. The standard InChI is InChI=1S/C14H12F3NO/c1-19-10-4-2-3-8(5-10)14(18)9-6-11(15)13(17)12(16)7-9/h2-7,14H,18H2,1H3. The quantitative estimate of drug-likeness (QED) is 0.867. The zero-order valence-corrected chi connectivity index (χ0v) is 10.2. The molecule has 0 aromatic heterocycles. The number of nitrogens with two attached hydrogens (primary N) is 1. The summed E-state index contributed by atoms with van der Waals surface area (Å²) in [6, 6.07) is 7.81. The van der Waals surface area contributed by atoms with E-state index in [0.29, 0.717) is 11.3 Å². The number of hydrogen-bond acceptors (Lipinski definition) is 2. The molecule has 0 saturated carbocycles. The van der Waals surface area contributed by atoms with Gasteiger partial charge in [-0.2, -0.15) is 0 Å². The highest BCUT2D eigenvalue weighted by molar-refractivity contribution is 5.36. The molecule has 0 bridgehead atoms. The molecule has 2 aromatic carbocycles. The normalized spacial score (nSPS) is 12.3. The first kappa shape index (κ1) is 13.4. The van der Waals surface area contributed by atoms with Gasteiger partial charge in [-0.1, -0.05) is 12.1 Å². The molecule has 0 aliphatic carbocycles. The molecular weight excluding hydrogens is 255 g/mol. The van der Waals surface area contributed by atoms with Crippen molar-refractivity contribution in [3.05, 3.63) is 65.0 Å². The van der Waals surface area contributed by atoms with Gasteiger partial charge in [0.1, 0.15) is 5.75 Å². The summed E-state index contributed by atoms with van der Waals surface area (Å²) in [5, 5.41) is 0. The first-order chi connectivity index (χ1) is 9.02. The molecule has 5 heteroatoms. The molecule has 2 aromatic rings. The monoisotopic (exact) mass is 267 g/mol. The summed E-state index contributed by atoms with van der Waals surface area (Å²) < 4.78 is 44.3. The van der Waals surface area contributed by atoms with Crippen molar-refractivity contribution in [2.75, 3.05) is 7.11 Å². The molecule has 0 aliphatic rings. The van der Waals surface area contributed by atoms with Gasteiger partial charge >= 0.3 is 0 Å². The molecule has 0 fully saturated rings. The highest BCUT2D eigenvalue weighted by atomic mass is 19.2. The van der Waals surface area contributed by atoms with Crippen LogP contribution in [0, 0.1) is 17.5 Å². The molecule has 0 aliphatic heterocycles. The largest absolute Gasteiger partial charge is 0.497 e. The molecule has 2 rings (SSSR count). The Morgan fingerprint density at radius 3 is 2.21 bits per heavy atom. The van der Waals surface area contributed by atoms with Crippen LogP contribution in [-0.2, 0) is 0 Å². The molecule has 1 atom stereocenters. The minimum Gasteiger partial charge on any atom is -0.497 e. The van der Waals surface area contributed by atoms with Crippen LogP contribution in [0.2, 0.25) is 0 Å². The number of benzene rings is 2. The Morgan fingerprint density at radius 2 is 1.63 bits per heavy atom. The van der Waals surface area contributed by atoms with Crippen LogP contribution in [0.25, 0.3) is 0 Å². The first-order valence-corrected chi connectivity index (χ1v) is 5.57. The van der Waals surface area contributed by atoms with E-state index in [-0.39, 0.29) is 5.56 Å². The number of ether oxygens (including phenoxy) is 1. The van der Waals surface area contributed by atoms with Crippen LogP contribution >= 0.6 is 0 Å². The fraction of sp³-hybridized carbons (Fsp3) is 0.143. The van der Waals surface area contributed by atoms with Crippen LogP contribution in [0.15, 0.2) is 36.4 Å². The lowest BCUT2D eigenvalue weighted by Crippen LogP contribution is -2.13. The van der Waals surface area contributed by atoms with Crippen molar-refractivity contribution in [2.24, 2.45) is 5.73 Å². The summed E-state index contributed by atoms with van der Waals surface area (Å²) in [6.07, 6.45) is 0. The summed E-state index contributed by atoms with van der Waals surface area (Å²) in [5.41, 5.74) is 6.69. The third-order valence-corrected chi connectivity index (χ3v) is 2.82. The van der Waals surface area contributed by atoms with Crippen LogP contribution in [-0.4, -0.2) is 7.11 Å². The minimum atomic E-state index is -1.50. The summed E-state index contributed by atoms with van der Waals surface area (Å²) >= 11 is 0. The van der Waals surface area contributed by atoms with E-state index in [1.807, 2.05) is 0 Å². The average molecular weight is 267 g/mol. The van der Waals surface area contributed by atoms with Crippen molar-refractivity contribution in [3.63, 3.8) is 0 Å². The Labute approximate surface area is 108 Å². The van der Waals surface area contributed by atoms with Crippen LogP contribution < -0.4 is 10.5 Å². The van der Waals surface area contributed by atoms with Crippen LogP contribution in [0.3, 0.4) is 0 Å². The van der Waals surface area contributed by atoms with Crippen molar-refractivity contribution >= 4 is 0 Å². The molecule has 0 radical (unpaired) electrons. The Hall–Kier alpha value is -2.01. The Bertz CT molecular complexity index is 578. The predicted octanol–water partition coefficient (Wildman–Crippen LogP) is 3.16. The average Bonchev–Trinajstić information content (AvgIpc) is 2.43. The van der Waals surface area contributed by atoms with Gasteiger partial charge in [0.05, 0.1) is 13.2 Å². The second-order valence-corrected chi connectivity index (χ2v) is 4.05. The Balaban J connectivity index is 2.40. The van der Waals surface area contributed by atoms with Gasteiger partial charge in [0, 0.05) is 0 Å². The van der Waals surface area contributed by atoms with Gasteiger partial charge in [-0.25, -0.2) is 13.2 Å². The number of rotatable bonds is 3. The summed E-state index contributed by atoms with van der Waals surface area (Å²) in [7, 11) is 1.50. The van der Waals surface area contributed by atoms with Crippen molar-refractivity contribution in [1.29, 1.82) is 0 Å². The molecule has 0 amide bonds. The van der Waals surface area contributed by atoms with Crippen molar-refractivity contribution < 1.29 is 17.9 Å². The molecule has 2 N–H and O–H groups in total. The topological polar surface area (TPSA) is 35.2 Å². The van der Waals surface area contributed by atoms with E-state index in [9.17, 15) is 13.2 Å². The van der Waals surface area contributed by atoms with E-state index in [1.54, 1.807) is 24.3 Å². The molecule has 19 heavy (non-hydrogen) atoms. The maximum absolute atomic E-state index is 13.2. The SMILES string of the molecule is COc1cccc(C(N)c2cc(F)c(F)c(F)c2)c1. The highest BCUT2D eigenvalue weighted by Crippen LogP contribution is 2.25. The summed E-state index contributed by atoms with van der Waals surface area (Å²) in [6.45, 7) is 0. The highest BCUT2D eigenvalue weighted by Gasteiger charge is 2.16. The van der Waals surface area contributed by atoms with Crippen molar-refractivity contribution in [1.82, 2.24) is 0 Å². The zero-order chi connectivity index (χ0) is 14.0. The van der Waals surface area contributed by atoms with E-state index in [1.165, 1.54) is 7.11 Å². The van der Waals surface area contributed by atoms with Crippen molar-refractivity contribution in [3.8, 4) is 5.75 Å². The van der Waals surface area contributed by atoms with Gasteiger partial charge < -0.3 is 10.5 Å². The lowest BCUT2D eigenvalue weighted by molar-refractivity contribution is 0.414. The Kier molecular flexibility index (Phi) is 3.76. The first-order valence-electron chi connectivity index (χ1n) is 5.57. The van der Waals surface area contributed by atoms with Gasteiger partial charge in [-0.3, -0.25) is 0 Å². The summed E-state index contributed by atoms with van der Waals surface area (Å²) in [4.78, 5) is 0. The van der Waals surface area contributed by atoms with Crippen LogP contribution in [0.4, 0.5) is 13.2 Å². The van der Waals surface area contributed by atoms with Crippen LogP contribution in [0.1, 0.15) is 17.2 Å². The van der Waals surface area contributed by atoms with Gasteiger partial charge in [0.15, 0.2) is 17.5 Å². The molecule has 100 valence electrons. The smallest absolute Gasteiger partial charge is 0.194 e. The number of halogens is 3. The van der Waals surface area contributed by atoms with E-state index in [0.717, 1.165) is 12.1 Å². The fourth-order valence-corrected chi connectivity index (χ4v) is 1.78. The van der Waals surface area contributed by atoms with Gasteiger partial charge in [-0.05, 0) is 35.4 Å². The second-order valence-electron chi connectivity index (χ2n) is 4.05. The summed E-state index contributed by atoms with van der Waals surface area (Å²) in [5.74, 6) is -3.43. The lowest BCUT2D eigenvalue weighted by atomic mass is 9.99. The Morgan fingerprint density at radius 1 is 1.00 bits per heavy atom. The van der Waals surface area contributed by atoms with Crippen molar-refractivity contribution in [2.45, 2.75) is 6.04 Å². The molecule has 1 unspecified atom stereocenters. The number of hydrogen-bond donors (Lipinski definition) is 1. The van der Waals surface area contributed by atoms with Gasteiger partial charge in [0.25, 0.3) is 0 Å². The molecule has 0 saturated heterocycles. The molecule has 2 nitrogen and oxygen atoms in total. The predicted molar refractivity (Wildman–Crippen MR) is 65.3 cm³/mol. The van der Waals surface area contributed by atoms with E-state index in [4.69, 9.17) is 10.5 Å². The molecule has 0 spiro atoms. The minimum absolute atomic E-state index is 0.157. The van der Waals surface area contributed by atoms with E-state index >= 15 is 0 Å². The van der Waals surface area contributed by atoms with E-state index in [2.05, 4.69) is 0 Å². The van der Waals surface area contributed by atoms with Gasteiger partial charge in [0.2, 0.25) is 0 Å². The molecular formula is C14H12F3NO. The van der Waals surface area contributed by atoms with E-state index < -0.39 is 23.5 Å². The fourth-order valence-electron chi connectivity index (χ4n) is 1.78. The molecule has 0 heterocycles. The third-order valence-electron chi connectivity index (χ3n) is 2.82. The van der Waals surface area contributed by atoms with Crippen LogP contribution in [0.5, 0.6) is 5.75 Å².